The Morgan fingerprint density at radius 1 is 1.33 bits per heavy atom. The summed E-state index contributed by atoms with van der Waals surface area (Å²) in [7, 11) is 0. The van der Waals surface area contributed by atoms with Gasteiger partial charge in [0.15, 0.2) is 0 Å². The van der Waals surface area contributed by atoms with Crippen molar-refractivity contribution in [2.45, 2.75) is 40.0 Å². The summed E-state index contributed by atoms with van der Waals surface area (Å²) in [6.45, 7) is 6.38. The molecular weight excluding hydrogens is 228 g/mol. The van der Waals surface area contributed by atoms with Gasteiger partial charge in [0.1, 0.15) is 5.78 Å². The number of carbonyl (C=O) groups excluding carboxylic acids is 1. The standard InChI is InChI=1S/C15H24O3/c1-9-11-5-15(2,3)6-12(11)13(8-17)10(7-16)4-14(9)18/h9-11,16-17H,4-8H2,1-3H3/t9-,10-,11+/m1/s1. The number of fused-ring (bicyclic) bond motifs is 1. The molecule has 3 atom stereocenters. The molecular formula is C15H24O3. The van der Waals surface area contributed by atoms with E-state index in [-0.39, 0.29) is 42.2 Å². The molecule has 0 bridgehead atoms. The minimum atomic E-state index is -0.168. The van der Waals surface area contributed by atoms with Gasteiger partial charge in [-0.1, -0.05) is 26.3 Å². The highest BCUT2D eigenvalue weighted by Gasteiger charge is 2.44. The number of aliphatic hydroxyl groups is 2. The number of ketones is 1. The maximum atomic E-state index is 12.2. The minimum Gasteiger partial charge on any atom is -0.396 e. The molecule has 3 nitrogen and oxygen atoms in total. The summed E-state index contributed by atoms with van der Waals surface area (Å²) >= 11 is 0. The van der Waals surface area contributed by atoms with Gasteiger partial charge in [0.05, 0.1) is 13.2 Å². The molecule has 2 aliphatic carbocycles. The van der Waals surface area contributed by atoms with Gasteiger partial charge in [-0.25, -0.2) is 0 Å². The van der Waals surface area contributed by atoms with E-state index in [0.717, 1.165) is 18.4 Å². The summed E-state index contributed by atoms with van der Waals surface area (Å²) in [5, 5.41) is 19.1. The van der Waals surface area contributed by atoms with Crippen LogP contribution in [0.1, 0.15) is 40.0 Å². The Bertz CT molecular complexity index is 381. The Morgan fingerprint density at radius 3 is 2.56 bits per heavy atom. The maximum Gasteiger partial charge on any atom is 0.136 e. The molecule has 102 valence electrons. The van der Waals surface area contributed by atoms with Crippen LogP contribution in [0, 0.1) is 23.2 Å². The summed E-state index contributed by atoms with van der Waals surface area (Å²) in [6.07, 6.45) is 2.34. The topological polar surface area (TPSA) is 57.5 Å². The summed E-state index contributed by atoms with van der Waals surface area (Å²) in [5.74, 6) is 0.364. The van der Waals surface area contributed by atoms with Crippen LogP contribution in [0.4, 0.5) is 0 Å². The molecule has 1 fully saturated rings. The molecule has 2 aliphatic rings. The van der Waals surface area contributed by atoms with Crippen molar-refractivity contribution in [1.82, 2.24) is 0 Å². The molecule has 0 aromatic heterocycles. The smallest absolute Gasteiger partial charge is 0.136 e. The highest BCUT2D eigenvalue weighted by atomic mass is 16.3. The Balaban J connectivity index is 2.46. The van der Waals surface area contributed by atoms with E-state index < -0.39 is 0 Å². The van der Waals surface area contributed by atoms with E-state index in [4.69, 9.17) is 0 Å². The van der Waals surface area contributed by atoms with Crippen molar-refractivity contribution in [3.8, 4) is 0 Å². The van der Waals surface area contributed by atoms with E-state index in [1.165, 1.54) is 5.57 Å². The predicted octanol–water partition coefficient (Wildman–Crippen LogP) is 1.93. The van der Waals surface area contributed by atoms with Crippen LogP contribution in [0.2, 0.25) is 0 Å². The fourth-order valence-corrected chi connectivity index (χ4v) is 3.71. The van der Waals surface area contributed by atoms with Crippen LogP contribution in [0.3, 0.4) is 0 Å². The third-order valence-corrected chi connectivity index (χ3v) is 4.74. The molecule has 18 heavy (non-hydrogen) atoms. The second-order valence-corrected chi connectivity index (χ2v) is 6.70. The number of hydrogen-bond acceptors (Lipinski definition) is 3. The molecule has 0 radical (unpaired) electrons. The quantitative estimate of drug-likeness (QED) is 0.738. The van der Waals surface area contributed by atoms with E-state index in [1.54, 1.807) is 0 Å². The first-order chi connectivity index (χ1) is 8.39. The molecule has 3 heteroatoms. The van der Waals surface area contributed by atoms with Crippen molar-refractivity contribution < 1.29 is 15.0 Å². The molecule has 2 rings (SSSR count). The third kappa shape index (κ3) is 2.26. The molecule has 2 N–H and O–H groups in total. The summed E-state index contributed by atoms with van der Waals surface area (Å²) < 4.78 is 0. The van der Waals surface area contributed by atoms with Crippen LogP contribution < -0.4 is 0 Å². The van der Waals surface area contributed by atoms with Crippen molar-refractivity contribution in [1.29, 1.82) is 0 Å². The van der Waals surface area contributed by atoms with Crippen LogP contribution in [0.15, 0.2) is 11.1 Å². The van der Waals surface area contributed by atoms with Crippen LogP contribution in [0.25, 0.3) is 0 Å². The minimum absolute atomic E-state index is 0.0207. The lowest BCUT2D eigenvalue weighted by atomic mass is 9.84. The van der Waals surface area contributed by atoms with Crippen LogP contribution in [-0.2, 0) is 4.79 Å². The number of carbonyl (C=O) groups is 1. The van der Waals surface area contributed by atoms with E-state index in [1.807, 2.05) is 6.92 Å². The van der Waals surface area contributed by atoms with Gasteiger partial charge < -0.3 is 10.2 Å². The van der Waals surface area contributed by atoms with Gasteiger partial charge in [0.2, 0.25) is 0 Å². The third-order valence-electron chi connectivity index (χ3n) is 4.74. The largest absolute Gasteiger partial charge is 0.396 e. The molecule has 0 unspecified atom stereocenters. The van der Waals surface area contributed by atoms with Crippen molar-refractivity contribution in [3.05, 3.63) is 11.1 Å². The lowest BCUT2D eigenvalue weighted by Gasteiger charge is -2.20. The van der Waals surface area contributed by atoms with E-state index in [9.17, 15) is 15.0 Å². The molecule has 0 amide bonds. The number of hydrogen-bond donors (Lipinski definition) is 2. The summed E-state index contributed by atoms with van der Waals surface area (Å²) in [6, 6.07) is 0. The molecule has 0 aromatic rings. The number of aliphatic hydroxyl groups excluding tert-OH is 2. The molecule has 0 aliphatic heterocycles. The zero-order valence-electron chi connectivity index (χ0n) is 11.6. The Hall–Kier alpha value is -0.670. The lowest BCUT2D eigenvalue weighted by Crippen LogP contribution is -2.21. The Morgan fingerprint density at radius 2 is 2.00 bits per heavy atom. The fraction of sp³-hybridized carbons (Fsp3) is 0.800. The highest BCUT2D eigenvalue weighted by molar-refractivity contribution is 5.82. The van der Waals surface area contributed by atoms with Gasteiger partial charge in [-0.15, -0.1) is 0 Å². The lowest BCUT2D eigenvalue weighted by molar-refractivity contribution is -0.124. The van der Waals surface area contributed by atoms with Crippen LogP contribution >= 0.6 is 0 Å². The zero-order valence-corrected chi connectivity index (χ0v) is 11.6. The first-order valence-electron chi connectivity index (χ1n) is 6.86. The maximum absolute atomic E-state index is 12.2. The molecule has 0 heterocycles. The molecule has 0 spiro atoms. The molecule has 0 saturated heterocycles. The van der Waals surface area contributed by atoms with E-state index in [2.05, 4.69) is 13.8 Å². The van der Waals surface area contributed by atoms with E-state index in [0.29, 0.717) is 6.42 Å². The zero-order chi connectivity index (χ0) is 13.5. The number of allylic oxidation sites excluding steroid dienone is 1. The van der Waals surface area contributed by atoms with Crippen molar-refractivity contribution in [2.75, 3.05) is 13.2 Å². The SMILES string of the molecule is C[C@H]1C(=O)C[C@H](CO)C(CO)=C2CC(C)(C)C[C@H]21. The molecule has 1 saturated carbocycles. The summed E-state index contributed by atoms with van der Waals surface area (Å²) in [5.41, 5.74) is 2.39. The Kier molecular flexibility index (Phi) is 3.65. The average Bonchev–Trinajstić information content (AvgIpc) is 2.59. The van der Waals surface area contributed by atoms with Gasteiger partial charge >= 0.3 is 0 Å². The van der Waals surface area contributed by atoms with E-state index >= 15 is 0 Å². The first kappa shape index (κ1) is 13.8. The van der Waals surface area contributed by atoms with Gasteiger partial charge in [-0.2, -0.15) is 0 Å². The average molecular weight is 252 g/mol. The monoisotopic (exact) mass is 252 g/mol. The van der Waals surface area contributed by atoms with Crippen molar-refractivity contribution in [2.24, 2.45) is 23.2 Å². The van der Waals surface area contributed by atoms with Crippen molar-refractivity contribution >= 4 is 5.78 Å². The fourth-order valence-electron chi connectivity index (χ4n) is 3.71. The predicted molar refractivity (Wildman–Crippen MR) is 70.0 cm³/mol. The van der Waals surface area contributed by atoms with Crippen molar-refractivity contribution in [3.63, 3.8) is 0 Å². The van der Waals surface area contributed by atoms with Gasteiger partial charge in [0.25, 0.3) is 0 Å². The number of Topliss-reactive ketones (excluding diaryl/α,β-unsaturated/α-hetero) is 1. The van der Waals surface area contributed by atoms with Gasteiger partial charge in [-0.3, -0.25) is 4.79 Å². The van der Waals surface area contributed by atoms with Crippen LogP contribution in [-0.4, -0.2) is 29.2 Å². The normalized spacial score (nSPS) is 35.6. The van der Waals surface area contributed by atoms with Crippen LogP contribution in [0.5, 0.6) is 0 Å². The first-order valence-corrected chi connectivity index (χ1v) is 6.86. The molecule has 0 aromatic carbocycles. The second kappa shape index (κ2) is 4.78. The number of rotatable bonds is 2. The van der Waals surface area contributed by atoms with Gasteiger partial charge in [-0.05, 0) is 29.7 Å². The highest BCUT2D eigenvalue weighted by Crippen LogP contribution is 2.51. The summed E-state index contributed by atoms with van der Waals surface area (Å²) in [4.78, 5) is 12.2. The Labute approximate surface area is 109 Å². The second-order valence-electron chi connectivity index (χ2n) is 6.70. The van der Waals surface area contributed by atoms with Gasteiger partial charge in [0, 0.05) is 18.3 Å².